The van der Waals surface area contributed by atoms with Crippen LogP contribution in [0.4, 0.5) is 0 Å². The molecule has 1 aliphatic carbocycles. The number of ether oxygens (including phenoxy) is 1. The molecule has 3 rings (SSSR count). The highest BCUT2D eigenvalue weighted by molar-refractivity contribution is 7.99. The van der Waals surface area contributed by atoms with E-state index in [9.17, 15) is 0 Å². The van der Waals surface area contributed by atoms with Crippen LogP contribution >= 0.6 is 11.8 Å². The van der Waals surface area contributed by atoms with Gasteiger partial charge in [-0.25, -0.2) is 0 Å². The third kappa shape index (κ3) is 2.39. The second-order valence-corrected chi connectivity index (χ2v) is 6.57. The Labute approximate surface area is 113 Å². The molecule has 1 atom stereocenters. The molecular weight excluding hydrogens is 242 g/mol. The first-order valence-corrected chi connectivity index (χ1v) is 7.94. The molecular formula is C15H21NOS. The fourth-order valence-electron chi connectivity index (χ4n) is 2.81. The average molecular weight is 263 g/mol. The zero-order valence-corrected chi connectivity index (χ0v) is 11.8. The quantitative estimate of drug-likeness (QED) is 0.882. The summed E-state index contributed by atoms with van der Waals surface area (Å²) in [6.45, 7) is 1.11. The summed E-state index contributed by atoms with van der Waals surface area (Å²) in [4.78, 5) is 0. The predicted octanol–water partition coefficient (Wildman–Crippen LogP) is 2.82. The van der Waals surface area contributed by atoms with Gasteiger partial charge in [0.2, 0.25) is 0 Å². The van der Waals surface area contributed by atoms with Gasteiger partial charge < -0.3 is 10.1 Å². The molecule has 1 aromatic rings. The SMILES string of the molecule is COc1ccccc1C1(CNC2CCSC2)CC1. The monoisotopic (exact) mass is 263 g/mol. The summed E-state index contributed by atoms with van der Waals surface area (Å²) in [6, 6.07) is 9.22. The minimum Gasteiger partial charge on any atom is -0.496 e. The van der Waals surface area contributed by atoms with Crippen LogP contribution in [-0.4, -0.2) is 31.2 Å². The van der Waals surface area contributed by atoms with E-state index in [1.807, 2.05) is 0 Å². The Hall–Kier alpha value is -0.670. The fourth-order valence-corrected chi connectivity index (χ4v) is 4.00. The highest BCUT2D eigenvalue weighted by Crippen LogP contribution is 2.50. The molecule has 18 heavy (non-hydrogen) atoms. The Bertz CT molecular complexity index is 411. The molecule has 1 aromatic carbocycles. The van der Waals surface area contributed by atoms with Crippen LogP contribution in [0, 0.1) is 0 Å². The molecule has 0 aromatic heterocycles. The number of hydrogen-bond donors (Lipinski definition) is 1. The van der Waals surface area contributed by atoms with Gasteiger partial charge in [0.05, 0.1) is 7.11 Å². The number of nitrogens with one attached hydrogen (secondary N) is 1. The first-order valence-electron chi connectivity index (χ1n) is 6.79. The number of thioether (sulfide) groups is 1. The van der Waals surface area contributed by atoms with Crippen LogP contribution in [0.25, 0.3) is 0 Å². The summed E-state index contributed by atoms with van der Waals surface area (Å²) in [7, 11) is 1.77. The Morgan fingerprint density at radius 3 is 2.89 bits per heavy atom. The van der Waals surface area contributed by atoms with Gasteiger partial charge in [0.1, 0.15) is 5.75 Å². The number of rotatable bonds is 5. The smallest absolute Gasteiger partial charge is 0.122 e. The van der Waals surface area contributed by atoms with Crippen LogP contribution in [0.3, 0.4) is 0 Å². The van der Waals surface area contributed by atoms with Crippen molar-refractivity contribution in [2.45, 2.75) is 30.7 Å². The third-order valence-corrected chi connectivity index (χ3v) is 5.35. The summed E-state index contributed by atoms with van der Waals surface area (Å²) in [5, 5.41) is 3.76. The Kier molecular flexibility index (Phi) is 3.53. The third-order valence-electron chi connectivity index (χ3n) is 4.19. The van der Waals surface area contributed by atoms with Crippen molar-refractivity contribution in [1.82, 2.24) is 5.32 Å². The zero-order valence-electron chi connectivity index (χ0n) is 10.9. The maximum absolute atomic E-state index is 5.51. The topological polar surface area (TPSA) is 21.3 Å². The lowest BCUT2D eigenvalue weighted by atomic mass is 9.94. The highest BCUT2D eigenvalue weighted by atomic mass is 32.2. The van der Waals surface area contributed by atoms with E-state index in [0.29, 0.717) is 5.41 Å². The van der Waals surface area contributed by atoms with E-state index >= 15 is 0 Å². The van der Waals surface area contributed by atoms with E-state index in [1.165, 1.54) is 36.3 Å². The minimum absolute atomic E-state index is 0.347. The lowest BCUT2D eigenvalue weighted by Gasteiger charge is -2.21. The molecule has 2 nitrogen and oxygen atoms in total. The molecule has 1 saturated heterocycles. The first-order chi connectivity index (χ1) is 8.84. The zero-order chi connectivity index (χ0) is 12.4. The molecule has 1 aliphatic heterocycles. The lowest BCUT2D eigenvalue weighted by Crippen LogP contribution is -2.35. The van der Waals surface area contributed by atoms with E-state index < -0.39 is 0 Å². The van der Waals surface area contributed by atoms with Crippen molar-refractivity contribution < 1.29 is 4.74 Å². The molecule has 2 fully saturated rings. The normalized spacial score (nSPS) is 25.1. The van der Waals surface area contributed by atoms with Gasteiger partial charge in [-0.05, 0) is 31.1 Å². The molecule has 2 aliphatic rings. The summed E-state index contributed by atoms with van der Waals surface area (Å²) >= 11 is 2.07. The lowest BCUT2D eigenvalue weighted by molar-refractivity contribution is 0.399. The van der Waals surface area contributed by atoms with E-state index in [-0.39, 0.29) is 0 Å². The van der Waals surface area contributed by atoms with Crippen molar-refractivity contribution in [2.75, 3.05) is 25.2 Å². The van der Waals surface area contributed by atoms with Gasteiger partial charge in [-0.15, -0.1) is 0 Å². The number of hydrogen-bond acceptors (Lipinski definition) is 3. The molecule has 1 unspecified atom stereocenters. The number of methoxy groups -OCH3 is 1. The van der Waals surface area contributed by atoms with Gasteiger partial charge in [0.15, 0.2) is 0 Å². The molecule has 98 valence electrons. The van der Waals surface area contributed by atoms with Crippen LogP contribution in [0.2, 0.25) is 0 Å². The minimum atomic E-state index is 0.347. The van der Waals surface area contributed by atoms with Gasteiger partial charge >= 0.3 is 0 Å². The van der Waals surface area contributed by atoms with Crippen molar-refractivity contribution in [1.29, 1.82) is 0 Å². The highest BCUT2D eigenvalue weighted by Gasteiger charge is 2.46. The average Bonchev–Trinajstić information content (AvgIpc) is 3.03. The van der Waals surface area contributed by atoms with Gasteiger partial charge in [-0.1, -0.05) is 18.2 Å². The predicted molar refractivity (Wildman–Crippen MR) is 77.6 cm³/mol. The molecule has 1 saturated carbocycles. The Morgan fingerprint density at radius 2 is 2.22 bits per heavy atom. The van der Waals surface area contributed by atoms with E-state index in [4.69, 9.17) is 4.74 Å². The summed E-state index contributed by atoms with van der Waals surface area (Å²) in [6.07, 6.45) is 3.91. The Balaban J connectivity index is 1.69. The molecule has 0 spiro atoms. The first kappa shape index (κ1) is 12.4. The van der Waals surface area contributed by atoms with Crippen molar-refractivity contribution in [3.8, 4) is 5.75 Å². The molecule has 1 N–H and O–H groups in total. The van der Waals surface area contributed by atoms with Gasteiger partial charge in [-0.3, -0.25) is 0 Å². The van der Waals surface area contributed by atoms with Crippen molar-refractivity contribution in [2.24, 2.45) is 0 Å². The van der Waals surface area contributed by atoms with Crippen molar-refractivity contribution in [3.05, 3.63) is 29.8 Å². The number of para-hydroxylation sites is 1. The molecule has 0 radical (unpaired) electrons. The summed E-state index contributed by atoms with van der Waals surface area (Å²) < 4.78 is 5.51. The maximum atomic E-state index is 5.51. The summed E-state index contributed by atoms with van der Waals surface area (Å²) in [5.74, 6) is 3.65. The molecule has 3 heteroatoms. The Morgan fingerprint density at radius 1 is 1.39 bits per heavy atom. The van der Waals surface area contributed by atoms with Crippen LogP contribution < -0.4 is 10.1 Å². The van der Waals surface area contributed by atoms with E-state index in [0.717, 1.165) is 18.3 Å². The van der Waals surface area contributed by atoms with Crippen LogP contribution in [-0.2, 0) is 5.41 Å². The fraction of sp³-hybridized carbons (Fsp3) is 0.600. The largest absolute Gasteiger partial charge is 0.496 e. The summed E-state index contributed by atoms with van der Waals surface area (Å²) in [5.41, 5.74) is 1.74. The molecule has 0 amide bonds. The second kappa shape index (κ2) is 5.14. The van der Waals surface area contributed by atoms with Gasteiger partial charge in [0.25, 0.3) is 0 Å². The van der Waals surface area contributed by atoms with E-state index in [1.54, 1.807) is 7.11 Å². The van der Waals surface area contributed by atoms with E-state index in [2.05, 4.69) is 41.3 Å². The molecule has 0 bridgehead atoms. The van der Waals surface area contributed by atoms with Crippen LogP contribution in [0.15, 0.2) is 24.3 Å². The van der Waals surface area contributed by atoms with Crippen LogP contribution in [0.5, 0.6) is 5.75 Å². The standard InChI is InChI=1S/C15H21NOS/c1-17-14-5-3-2-4-13(14)15(7-8-15)11-16-12-6-9-18-10-12/h2-5,12,16H,6-11H2,1H3. The second-order valence-electron chi connectivity index (χ2n) is 5.42. The number of benzene rings is 1. The van der Waals surface area contributed by atoms with Crippen molar-refractivity contribution >= 4 is 11.8 Å². The maximum Gasteiger partial charge on any atom is 0.122 e. The van der Waals surface area contributed by atoms with Gasteiger partial charge in [0, 0.05) is 29.3 Å². The molecule has 1 heterocycles. The van der Waals surface area contributed by atoms with Crippen LogP contribution in [0.1, 0.15) is 24.8 Å². The van der Waals surface area contributed by atoms with Crippen molar-refractivity contribution in [3.63, 3.8) is 0 Å². The van der Waals surface area contributed by atoms with Gasteiger partial charge in [-0.2, -0.15) is 11.8 Å².